The van der Waals surface area contributed by atoms with Gasteiger partial charge in [-0.1, -0.05) is 12.2 Å². The van der Waals surface area contributed by atoms with Crippen LogP contribution < -0.4 is 0 Å². The molecule has 0 saturated heterocycles. The van der Waals surface area contributed by atoms with Crippen molar-refractivity contribution in [3.05, 3.63) is 12.2 Å². The topological polar surface area (TPSA) is 0 Å². The Bertz CT molecular complexity index is 125. The van der Waals surface area contributed by atoms with Crippen LogP contribution in [0.15, 0.2) is 12.2 Å². The molecule has 0 heterocycles. The number of fused-ring (bicyclic) bond motifs is 1. The van der Waals surface area contributed by atoms with Crippen LogP contribution >= 0.6 is 11.6 Å². The normalized spacial score (nSPS) is 51.6. The van der Waals surface area contributed by atoms with Gasteiger partial charge in [-0.25, -0.2) is 0 Å². The average molecular weight is 129 g/mol. The average Bonchev–Trinajstić information content (AvgIpc) is 2.26. The van der Waals surface area contributed by atoms with Crippen LogP contribution in [0.2, 0.25) is 0 Å². The SMILES string of the molecule is C=C1C2CCC1C2Cl. The highest BCUT2D eigenvalue weighted by atomic mass is 35.5. The molecule has 0 aromatic heterocycles. The van der Waals surface area contributed by atoms with Crippen molar-refractivity contribution in [1.82, 2.24) is 0 Å². The molecule has 3 saturated carbocycles. The summed E-state index contributed by atoms with van der Waals surface area (Å²) in [5.74, 6) is 1.39. The van der Waals surface area contributed by atoms with Crippen LogP contribution in [-0.2, 0) is 0 Å². The Morgan fingerprint density at radius 2 is 1.88 bits per heavy atom. The molecule has 44 valence electrons. The second kappa shape index (κ2) is 1.30. The maximum atomic E-state index is 5.95. The fourth-order valence-electron chi connectivity index (χ4n) is 1.89. The number of hydrogen-bond donors (Lipinski definition) is 0. The van der Waals surface area contributed by atoms with Crippen LogP contribution in [0.25, 0.3) is 0 Å². The van der Waals surface area contributed by atoms with Gasteiger partial charge in [0.1, 0.15) is 0 Å². The van der Waals surface area contributed by atoms with E-state index in [0.717, 1.165) is 0 Å². The Morgan fingerprint density at radius 1 is 1.38 bits per heavy atom. The number of rotatable bonds is 0. The van der Waals surface area contributed by atoms with E-state index in [2.05, 4.69) is 6.58 Å². The zero-order valence-corrected chi connectivity index (χ0v) is 5.49. The van der Waals surface area contributed by atoms with E-state index < -0.39 is 0 Å². The molecule has 0 amide bonds. The van der Waals surface area contributed by atoms with Crippen LogP contribution in [-0.4, -0.2) is 5.38 Å². The fraction of sp³-hybridized carbons (Fsp3) is 0.714. The van der Waals surface area contributed by atoms with Crippen molar-refractivity contribution in [2.75, 3.05) is 0 Å². The van der Waals surface area contributed by atoms with Crippen molar-refractivity contribution in [3.63, 3.8) is 0 Å². The first kappa shape index (κ1) is 4.87. The van der Waals surface area contributed by atoms with Crippen molar-refractivity contribution in [2.45, 2.75) is 18.2 Å². The second-order valence-corrected chi connectivity index (χ2v) is 3.31. The van der Waals surface area contributed by atoms with Crippen LogP contribution in [0.4, 0.5) is 0 Å². The van der Waals surface area contributed by atoms with Gasteiger partial charge in [-0.15, -0.1) is 11.6 Å². The lowest BCUT2D eigenvalue weighted by atomic mass is 9.79. The van der Waals surface area contributed by atoms with Crippen molar-refractivity contribution in [2.24, 2.45) is 11.8 Å². The highest BCUT2D eigenvalue weighted by Crippen LogP contribution is 2.54. The quantitative estimate of drug-likeness (QED) is 0.347. The van der Waals surface area contributed by atoms with E-state index in [-0.39, 0.29) is 0 Å². The summed E-state index contributed by atoms with van der Waals surface area (Å²) >= 11 is 5.95. The maximum absolute atomic E-state index is 5.95. The number of allylic oxidation sites excluding steroid dienone is 1. The summed E-state index contributed by atoms with van der Waals surface area (Å²) in [5.41, 5.74) is 1.42. The standard InChI is InChI=1S/C7H9Cl/c1-4-5-2-3-6(4)7(5)8/h5-7H,1-3H2. The molecule has 2 bridgehead atoms. The fourth-order valence-corrected chi connectivity index (χ4v) is 2.47. The van der Waals surface area contributed by atoms with Gasteiger partial charge in [0.15, 0.2) is 0 Å². The number of hydrogen-bond acceptors (Lipinski definition) is 0. The molecule has 0 radical (unpaired) electrons. The minimum atomic E-state index is 0.461. The van der Waals surface area contributed by atoms with Gasteiger partial charge in [-0.3, -0.25) is 0 Å². The van der Waals surface area contributed by atoms with Gasteiger partial charge in [0.05, 0.1) is 0 Å². The van der Waals surface area contributed by atoms with Crippen molar-refractivity contribution < 1.29 is 0 Å². The Kier molecular flexibility index (Phi) is 0.790. The van der Waals surface area contributed by atoms with Gasteiger partial charge < -0.3 is 0 Å². The lowest BCUT2D eigenvalue weighted by Gasteiger charge is -2.33. The van der Waals surface area contributed by atoms with Crippen molar-refractivity contribution >= 4 is 11.6 Å². The summed E-state index contributed by atoms with van der Waals surface area (Å²) in [6, 6.07) is 0. The van der Waals surface area contributed by atoms with Crippen LogP contribution in [0.1, 0.15) is 12.8 Å². The number of halogens is 1. The molecule has 0 aliphatic heterocycles. The van der Waals surface area contributed by atoms with Gasteiger partial charge in [0.25, 0.3) is 0 Å². The second-order valence-electron chi connectivity index (χ2n) is 2.81. The number of alkyl halides is 1. The van der Waals surface area contributed by atoms with Crippen LogP contribution in [0.3, 0.4) is 0 Å². The van der Waals surface area contributed by atoms with E-state index in [0.29, 0.717) is 17.2 Å². The van der Waals surface area contributed by atoms with Gasteiger partial charge in [0.2, 0.25) is 0 Å². The van der Waals surface area contributed by atoms with Crippen molar-refractivity contribution in [1.29, 1.82) is 0 Å². The van der Waals surface area contributed by atoms with Crippen molar-refractivity contribution in [3.8, 4) is 0 Å². The Morgan fingerprint density at radius 3 is 2.00 bits per heavy atom. The lowest BCUT2D eigenvalue weighted by Crippen LogP contribution is -2.31. The van der Waals surface area contributed by atoms with Crippen LogP contribution in [0, 0.1) is 11.8 Å². The third-order valence-electron chi connectivity index (χ3n) is 2.51. The zero-order valence-electron chi connectivity index (χ0n) is 4.73. The first-order valence-electron chi connectivity index (χ1n) is 3.13. The van der Waals surface area contributed by atoms with Crippen LogP contribution in [0.5, 0.6) is 0 Å². The lowest BCUT2D eigenvalue weighted by molar-refractivity contribution is 0.458. The minimum Gasteiger partial charge on any atom is -0.122 e. The molecule has 1 heteroatoms. The smallest absolute Gasteiger partial charge is 0.0466 e. The van der Waals surface area contributed by atoms with Gasteiger partial charge in [0, 0.05) is 5.38 Å². The first-order chi connectivity index (χ1) is 3.80. The molecular weight excluding hydrogens is 120 g/mol. The van der Waals surface area contributed by atoms with Gasteiger partial charge in [-0.2, -0.15) is 0 Å². The molecule has 0 aromatic carbocycles. The molecule has 0 aromatic rings. The molecule has 2 unspecified atom stereocenters. The largest absolute Gasteiger partial charge is 0.122 e. The summed E-state index contributed by atoms with van der Waals surface area (Å²) in [4.78, 5) is 0. The van der Waals surface area contributed by atoms with Gasteiger partial charge >= 0.3 is 0 Å². The van der Waals surface area contributed by atoms with Gasteiger partial charge in [-0.05, 0) is 24.7 Å². The molecule has 0 N–H and O–H groups in total. The summed E-state index contributed by atoms with van der Waals surface area (Å²) in [6.07, 6.45) is 2.61. The summed E-state index contributed by atoms with van der Waals surface area (Å²) < 4.78 is 0. The Balaban J connectivity index is 2.26. The third-order valence-corrected chi connectivity index (χ3v) is 3.12. The molecule has 0 nitrogen and oxygen atoms in total. The highest BCUT2D eigenvalue weighted by Gasteiger charge is 2.48. The Hall–Kier alpha value is 0.0300. The molecule has 2 atom stereocenters. The van der Waals surface area contributed by atoms with E-state index >= 15 is 0 Å². The van der Waals surface area contributed by atoms with E-state index in [1.165, 1.54) is 18.4 Å². The molecule has 3 aliphatic carbocycles. The van der Waals surface area contributed by atoms with E-state index in [9.17, 15) is 0 Å². The monoisotopic (exact) mass is 128 g/mol. The highest BCUT2D eigenvalue weighted by molar-refractivity contribution is 6.22. The Labute approximate surface area is 54.5 Å². The molecular formula is C7H9Cl. The van der Waals surface area contributed by atoms with E-state index in [1.54, 1.807) is 0 Å². The predicted octanol–water partition coefficient (Wildman–Crippen LogP) is 2.19. The predicted molar refractivity (Wildman–Crippen MR) is 35.0 cm³/mol. The molecule has 3 fully saturated rings. The molecule has 8 heavy (non-hydrogen) atoms. The molecule has 3 aliphatic rings. The third kappa shape index (κ3) is 0.345. The summed E-state index contributed by atoms with van der Waals surface area (Å²) in [5, 5.41) is 0.461. The minimum absolute atomic E-state index is 0.461. The summed E-state index contributed by atoms with van der Waals surface area (Å²) in [7, 11) is 0. The first-order valence-corrected chi connectivity index (χ1v) is 3.57. The maximum Gasteiger partial charge on any atom is 0.0466 e. The summed E-state index contributed by atoms with van der Waals surface area (Å²) in [6.45, 7) is 3.95. The molecule has 0 spiro atoms. The zero-order chi connectivity index (χ0) is 5.72. The molecule has 3 rings (SSSR count). The van der Waals surface area contributed by atoms with E-state index in [1.807, 2.05) is 0 Å². The van der Waals surface area contributed by atoms with E-state index in [4.69, 9.17) is 11.6 Å².